The Labute approximate surface area is 153 Å². The molecule has 0 atom stereocenters. The number of rotatable bonds is 5. The van der Waals surface area contributed by atoms with Crippen LogP contribution in [-0.4, -0.2) is 22.6 Å². The molecule has 0 aliphatic carbocycles. The number of benzene rings is 2. The summed E-state index contributed by atoms with van der Waals surface area (Å²) in [5, 5.41) is 0. The molecule has 3 aromatic rings. The second-order valence-electron chi connectivity index (χ2n) is 6.06. The maximum absolute atomic E-state index is 12.9. The lowest BCUT2D eigenvalue weighted by atomic mass is 10.1. The molecule has 0 aliphatic heterocycles. The molecule has 0 radical (unpaired) electrons. The Hall–Kier alpha value is -2.73. The van der Waals surface area contributed by atoms with Gasteiger partial charge in [-0.15, -0.1) is 0 Å². The summed E-state index contributed by atoms with van der Waals surface area (Å²) in [6, 6.07) is 15.6. The van der Waals surface area contributed by atoms with Gasteiger partial charge in [0.05, 0.1) is 17.7 Å². The van der Waals surface area contributed by atoms with Crippen molar-refractivity contribution in [3.63, 3.8) is 0 Å². The fourth-order valence-electron chi connectivity index (χ4n) is 2.70. The molecule has 5 nitrogen and oxygen atoms in total. The van der Waals surface area contributed by atoms with Gasteiger partial charge in [-0.3, -0.25) is 4.31 Å². The predicted molar refractivity (Wildman–Crippen MR) is 102 cm³/mol. The van der Waals surface area contributed by atoms with Gasteiger partial charge in [-0.25, -0.2) is 8.42 Å². The SMILES string of the molecule is COc1ccc(S(=O)(=O)N(C)c2ccc(C)c(-c3ccc(C)o3)c2)cc1. The van der Waals surface area contributed by atoms with E-state index in [0.717, 1.165) is 22.6 Å². The van der Waals surface area contributed by atoms with Crippen molar-refractivity contribution in [2.75, 3.05) is 18.5 Å². The quantitative estimate of drug-likeness (QED) is 0.667. The van der Waals surface area contributed by atoms with Gasteiger partial charge in [0.2, 0.25) is 0 Å². The first-order valence-electron chi connectivity index (χ1n) is 8.13. The highest BCUT2D eigenvalue weighted by Crippen LogP contribution is 2.31. The summed E-state index contributed by atoms with van der Waals surface area (Å²) < 4.78 is 37.9. The first-order valence-corrected chi connectivity index (χ1v) is 9.57. The van der Waals surface area contributed by atoms with Crippen molar-refractivity contribution in [3.8, 4) is 17.1 Å². The van der Waals surface area contributed by atoms with Gasteiger partial charge >= 0.3 is 0 Å². The molecule has 26 heavy (non-hydrogen) atoms. The topological polar surface area (TPSA) is 59.8 Å². The minimum atomic E-state index is -3.68. The standard InChI is InChI=1S/C20H21NO4S/c1-14-5-7-16(13-19(14)20-12-6-15(2)25-20)21(3)26(22,23)18-10-8-17(24-4)9-11-18/h5-13H,1-4H3. The molecule has 0 fully saturated rings. The summed E-state index contributed by atoms with van der Waals surface area (Å²) in [7, 11) is -0.592. The summed E-state index contributed by atoms with van der Waals surface area (Å²) in [5.74, 6) is 2.14. The van der Waals surface area contributed by atoms with Crippen LogP contribution < -0.4 is 9.04 Å². The summed E-state index contributed by atoms with van der Waals surface area (Å²) in [4.78, 5) is 0.205. The molecule has 0 saturated carbocycles. The highest BCUT2D eigenvalue weighted by Gasteiger charge is 2.22. The molecule has 1 heterocycles. The molecule has 0 bridgehead atoms. The van der Waals surface area contributed by atoms with Crippen molar-refractivity contribution in [2.24, 2.45) is 0 Å². The van der Waals surface area contributed by atoms with Crippen LogP contribution >= 0.6 is 0 Å². The summed E-state index contributed by atoms with van der Waals surface area (Å²) in [5.41, 5.74) is 2.45. The summed E-state index contributed by atoms with van der Waals surface area (Å²) in [6.07, 6.45) is 0. The van der Waals surface area contributed by atoms with Gasteiger partial charge in [0.15, 0.2) is 0 Å². The van der Waals surface area contributed by atoms with E-state index < -0.39 is 10.0 Å². The maximum atomic E-state index is 12.9. The van der Waals surface area contributed by atoms with E-state index in [1.807, 2.05) is 38.1 Å². The van der Waals surface area contributed by atoms with Gasteiger partial charge in [0, 0.05) is 12.6 Å². The second kappa shape index (κ2) is 6.88. The molecule has 0 saturated heterocycles. The highest BCUT2D eigenvalue weighted by molar-refractivity contribution is 7.92. The molecule has 6 heteroatoms. The monoisotopic (exact) mass is 371 g/mol. The normalized spacial score (nSPS) is 11.4. The first kappa shape index (κ1) is 18.1. The van der Waals surface area contributed by atoms with E-state index in [1.165, 1.54) is 16.4 Å². The van der Waals surface area contributed by atoms with E-state index in [2.05, 4.69) is 0 Å². The number of anilines is 1. The van der Waals surface area contributed by atoms with Crippen LogP contribution in [-0.2, 0) is 10.0 Å². The number of hydrogen-bond donors (Lipinski definition) is 0. The van der Waals surface area contributed by atoms with E-state index in [9.17, 15) is 8.42 Å². The molecule has 0 spiro atoms. The summed E-state index contributed by atoms with van der Waals surface area (Å²) >= 11 is 0. The number of hydrogen-bond acceptors (Lipinski definition) is 4. The third-order valence-electron chi connectivity index (χ3n) is 4.31. The van der Waals surface area contributed by atoms with Gasteiger partial charge in [-0.1, -0.05) is 6.07 Å². The van der Waals surface area contributed by atoms with E-state index >= 15 is 0 Å². The zero-order valence-corrected chi connectivity index (χ0v) is 16.0. The van der Waals surface area contributed by atoms with E-state index in [-0.39, 0.29) is 4.90 Å². The van der Waals surface area contributed by atoms with Crippen molar-refractivity contribution >= 4 is 15.7 Å². The molecular formula is C20H21NO4S. The lowest BCUT2D eigenvalue weighted by Crippen LogP contribution is -2.26. The Morgan fingerprint density at radius 3 is 2.23 bits per heavy atom. The fraction of sp³-hybridized carbons (Fsp3) is 0.200. The maximum Gasteiger partial charge on any atom is 0.264 e. The Kier molecular flexibility index (Phi) is 4.78. The largest absolute Gasteiger partial charge is 0.497 e. The lowest BCUT2D eigenvalue weighted by Gasteiger charge is -2.21. The predicted octanol–water partition coefficient (Wildman–Crippen LogP) is 4.40. The van der Waals surface area contributed by atoms with Crippen molar-refractivity contribution < 1.29 is 17.6 Å². The zero-order valence-electron chi connectivity index (χ0n) is 15.2. The Morgan fingerprint density at radius 1 is 0.962 bits per heavy atom. The molecule has 0 amide bonds. The van der Waals surface area contributed by atoms with Crippen LogP contribution in [0.25, 0.3) is 11.3 Å². The van der Waals surface area contributed by atoms with E-state index in [0.29, 0.717) is 11.4 Å². The average molecular weight is 371 g/mol. The number of nitrogens with zero attached hydrogens (tertiary/aromatic N) is 1. The number of methoxy groups -OCH3 is 1. The lowest BCUT2D eigenvalue weighted by molar-refractivity contribution is 0.414. The van der Waals surface area contributed by atoms with Gasteiger partial charge < -0.3 is 9.15 Å². The third-order valence-corrected chi connectivity index (χ3v) is 6.11. The van der Waals surface area contributed by atoms with Gasteiger partial charge in [0.25, 0.3) is 10.0 Å². The minimum absolute atomic E-state index is 0.205. The van der Waals surface area contributed by atoms with Crippen LogP contribution in [0.5, 0.6) is 5.75 Å². The highest BCUT2D eigenvalue weighted by atomic mass is 32.2. The first-order chi connectivity index (χ1) is 12.3. The molecule has 0 N–H and O–H groups in total. The Balaban J connectivity index is 1.99. The molecule has 0 unspecified atom stereocenters. The van der Waals surface area contributed by atoms with Crippen LogP contribution in [0.2, 0.25) is 0 Å². The second-order valence-corrected chi connectivity index (χ2v) is 8.03. The molecule has 3 rings (SSSR count). The fourth-order valence-corrected chi connectivity index (χ4v) is 3.88. The van der Waals surface area contributed by atoms with Crippen LogP contribution in [0, 0.1) is 13.8 Å². The number of sulfonamides is 1. The zero-order chi connectivity index (χ0) is 18.9. The van der Waals surface area contributed by atoms with Crippen molar-refractivity contribution in [1.82, 2.24) is 0 Å². The van der Waals surface area contributed by atoms with Gasteiger partial charge in [-0.05, 0) is 67.9 Å². The van der Waals surface area contributed by atoms with E-state index in [1.54, 1.807) is 32.4 Å². The molecular weight excluding hydrogens is 350 g/mol. The number of ether oxygens (including phenoxy) is 1. The Bertz CT molecular complexity index is 1020. The van der Waals surface area contributed by atoms with Crippen LogP contribution in [0.15, 0.2) is 63.9 Å². The van der Waals surface area contributed by atoms with Crippen LogP contribution in [0.1, 0.15) is 11.3 Å². The Morgan fingerprint density at radius 2 is 1.65 bits per heavy atom. The van der Waals surface area contributed by atoms with E-state index in [4.69, 9.17) is 9.15 Å². The minimum Gasteiger partial charge on any atom is -0.497 e. The van der Waals surface area contributed by atoms with Crippen LogP contribution in [0.3, 0.4) is 0 Å². The third kappa shape index (κ3) is 3.32. The molecule has 136 valence electrons. The summed E-state index contributed by atoms with van der Waals surface area (Å²) in [6.45, 7) is 3.85. The molecule has 2 aromatic carbocycles. The number of furan rings is 1. The van der Waals surface area contributed by atoms with Crippen molar-refractivity contribution in [1.29, 1.82) is 0 Å². The van der Waals surface area contributed by atoms with Crippen molar-refractivity contribution in [2.45, 2.75) is 18.7 Å². The smallest absolute Gasteiger partial charge is 0.264 e. The number of aryl methyl sites for hydroxylation is 2. The van der Waals surface area contributed by atoms with Gasteiger partial charge in [0.1, 0.15) is 17.3 Å². The average Bonchev–Trinajstić information content (AvgIpc) is 3.07. The van der Waals surface area contributed by atoms with Crippen LogP contribution in [0.4, 0.5) is 5.69 Å². The molecule has 0 aliphatic rings. The van der Waals surface area contributed by atoms with Crippen molar-refractivity contribution in [3.05, 3.63) is 65.9 Å². The van der Waals surface area contributed by atoms with Gasteiger partial charge in [-0.2, -0.15) is 0 Å². The molecule has 1 aromatic heterocycles.